The summed E-state index contributed by atoms with van der Waals surface area (Å²) < 4.78 is 16.5. The third-order valence-corrected chi connectivity index (χ3v) is 5.52. The highest BCUT2D eigenvalue weighted by atomic mass is 16.5. The van der Waals surface area contributed by atoms with Gasteiger partial charge in [-0.1, -0.05) is 12.1 Å². The number of hydrogen-bond acceptors (Lipinski definition) is 7. The summed E-state index contributed by atoms with van der Waals surface area (Å²) in [6.45, 7) is 4.27. The molecule has 1 atom stereocenters. The van der Waals surface area contributed by atoms with Gasteiger partial charge in [-0.15, -0.1) is 0 Å². The zero-order chi connectivity index (χ0) is 23.5. The predicted octanol–water partition coefficient (Wildman–Crippen LogP) is 4.42. The Morgan fingerprint density at radius 3 is 2.33 bits per heavy atom. The monoisotopic (exact) mass is 448 g/mol. The van der Waals surface area contributed by atoms with Gasteiger partial charge in [-0.3, -0.25) is 5.10 Å². The summed E-state index contributed by atoms with van der Waals surface area (Å²) in [6.07, 6.45) is 1.38. The van der Waals surface area contributed by atoms with Crippen LogP contribution in [-0.2, 0) is 0 Å². The highest BCUT2D eigenvalue weighted by Gasteiger charge is 2.18. The maximum Gasteiger partial charge on any atom is 0.203 e. The van der Waals surface area contributed by atoms with Gasteiger partial charge in [0, 0.05) is 34.9 Å². The second kappa shape index (κ2) is 9.38. The van der Waals surface area contributed by atoms with Crippen molar-refractivity contribution < 1.29 is 19.3 Å². The molecule has 0 radical (unpaired) electrons. The molecular formula is C25H28N4O4. The summed E-state index contributed by atoms with van der Waals surface area (Å²) in [5.74, 6) is 1.65. The molecule has 0 spiro atoms. The zero-order valence-electron chi connectivity index (χ0n) is 19.4. The van der Waals surface area contributed by atoms with Gasteiger partial charge in [-0.2, -0.15) is 5.10 Å². The Hall–Kier alpha value is -3.78. The number of fused-ring (bicyclic) bond motifs is 1. The molecule has 0 bridgehead atoms. The lowest BCUT2D eigenvalue weighted by atomic mass is 10.0. The predicted molar refractivity (Wildman–Crippen MR) is 129 cm³/mol. The molecule has 2 aromatic carbocycles. The molecule has 0 fully saturated rings. The quantitative estimate of drug-likeness (QED) is 0.367. The summed E-state index contributed by atoms with van der Waals surface area (Å²) in [5, 5.41) is 21.3. The molecule has 0 saturated carbocycles. The van der Waals surface area contributed by atoms with Gasteiger partial charge in [0.05, 0.1) is 33.1 Å². The number of anilines is 1. The lowest BCUT2D eigenvalue weighted by molar-refractivity contribution is 0.208. The van der Waals surface area contributed by atoms with Gasteiger partial charge in [-0.05, 0) is 49.2 Å². The molecule has 0 aliphatic rings. The Bertz CT molecular complexity index is 1260. The van der Waals surface area contributed by atoms with Gasteiger partial charge in [0.2, 0.25) is 5.75 Å². The molecule has 33 heavy (non-hydrogen) atoms. The van der Waals surface area contributed by atoms with E-state index in [0.29, 0.717) is 29.4 Å². The summed E-state index contributed by atoms with van der Waals surface area (Å²) in [6, 6.07) is 12.0. The number of benzene rings is 2. The second-order valence-corrected chi connectivity index (χ2v) is 7.87. The maximum absolute atomic E-state index is 9.62. The van der Waals surface area contributed by atoms with Crippen molar-refractivity contribution in [2.75, 3.05) is 33.2 Å². The van der Waals surface area contributed by atoms with Crippen LogP contribution in [0.25, 0.3) is 33.4 Å². The van der Waals surface area contributed by atoms with Crippen molar-refractivity contribution in [3.63, 3.8) is 0 Å². The van der Waals surface area contributed by atoms with Crippen LogP contribution in [0.3, 0.4) is 0 Å². The maximum atomic E-state index is 9.62. The number of nitrogens with one attached hydrogen (secondary N) is 2. The Kier molecular flexibility index (Phi) is 6.37. The molecule has 0 aliphatic carbocycles. The van der Waals surface area contributed by atoms with Gasteiger partial charge in [0.15, 0.2) is 17.1 Å². The fourth-order valence-electron chi connectivity index (χ4n) is 3.75. The van der Waals surface area contributed by atoms with E-state index >= 15 is 0 Å². The Morgan fingerprint density at radius 2 is 1.70 bits per heavy atom. The van der Waals surface area contributed by atoms with Crippen LogP contribution >= 0.6 is 0 Å². The van der Waals surface area contributed by atoms with E-state index in [4.69, 9.17) is 14.2 Å². The van der Waals surface area contributed by atoms with Crippen molar-refractivity contribution >= 4 is 16.7 Å². The minimum Gasteiger partial charge on any atom is -0.493 e. The van der Waals surface area contributed by atoms with Crippen molar-refractivity contribution in [1.29, 1.82) is 0 Å². The number of nitrogens with zero attached hydrogens (tertiary/aromatic N) is 2. The molecule has 172 valence electrons. The second-order valence-electron chi connectivity index (χ2n) is 7.87. The Labute approximate surface area is 192 Å². The van der Waals surface area contributed by atoms with E-state index in [2.05, 4.69) is 44.8 Å². The molecule has 0 saturated heterocycles. The van der Waals surface area contributed by atoms with Gasteiger partial charge in [-0.25, -0.2) is 4.98 Å². The number of rotatable bonds is 8. The summed E-state index contributed by atoms with van der Waals surface area (Å²) in [7, 11) is 4.76. The van der Waals surface area contributed by atoms with E-state index in [1.54, 1.807) is 28.3 Å². The number of aliphatic hydroxyl groups is 1. The van der Waals surface area contributed by atoms with E-state index in [9.17, 15) is 5.11 Å². The van der Waals surface area contributed by atoms with Crippen LogP contribution < -0.4 is 19.5 Å². The number of aromatic amines is 1. The van der Waals surface area contributed by atoms with Crippen LogP contribution in [0.15, 0.2) is 42.6 Å². The lowest BCUT2D eigenvalue weighted by Gasteiger charge is -2.14. The normalized spacial score (nSPS) is 11.9. The van der Waals surface area contributed by atoms with E-state index in [1.165, 1.54) is 0 Å². The van der Waals surface area contributed by atoms with Crippen LogP contribution in [0.5, 0.6) is 17.2 Å². The fraction of sp³-hybridized carbons (Fsp3) is 0.280. The topological polar surface area (TPSA) is 102 Å². The van der Waals surface area contributed by atoms with E-state index in [1.807, 2.05) is 25.3 Å². The van der Waals surface area contributed by atoms with Crippen LogP contribution in [-0.4, -0.2) is 54.3 Å². The minimum absolute atomic E-state index is 0.432. The van der Waals surface area contributed by atoms with Crippen molar-refractivity contribution in [3.8, 4) is 39.6 Å². The van der Waals surface area contributed by atoms with E-state index < -0.39 is 6.10 Å². The lowest BCUT2D eigenvalue weighted by Crippen LogP contribution is -2.15. The standard InChI is InChI=1S/C25H28N4O4/c1-14-6-7-16(9-20(14)26-12-15(2)30)18-8-19-23(28-29-25(19)27-13-18)17-10-21(31-3)24(33-5)22(11-17)32-4/h6-11,13,15,26,30H,12H2,1-5H3,(H,27,28,29). The average Bonchev–Trinajstić information content (AvgIpc) is 3.25. The third kappa shape index (κ3) is 4.42. The van der Waals surface area contributed by atoms with Crippen LogP contribution in [0, 0.1) is 6.92 Å². The summed E-state index contributed by atoms with van der Waals surface area (Å²) >= 11 is 0. The third-order valence-electron chi connectivity index (χ3n) is 5.52. The molecule has 2 heterocycles. The largest absolute Gasteiger partial charge is 0.493 e. The molecule has 4 rings (SSSR count). The van der Waals surface area contributed by atoms with Crippen LogP contribution in [0.4, 0.5) is 5.69 Å². The van der Waals surface area contributed by atoms with Gasteiger partial charge < -0.3 is 24.6 Å². The molecular weight excluding hydrogens is 420 g/mol. The SMILES string of the molecule is COc1cc(-c2[nH]nc3ncc(-c4ccc(C)c(NCC(C)O)c4)cc23)cc(OC)c1OC. The number of pyridine rings is 1. The first kappa shape index (κ1) is 22.4. The van der Waals surface area contributed by atoms with Gasteiger partial charge >= 0.3 is 0 Å². The number of ether oxygens (including phenoxy) is 3. The Morgan fingerprint density at radius 1 is 0.970 bits per heavy atom. The highest BCUT2D eigenvalue weighted by molar-refractivity contribution is 5.94. The first-order valence-corrected chi connectivity index (χ1v) is 10.6. The van der Waals surface area contributed by atoms with E-state index in [-0.39, 0.29) is 0 Å². The first-order valence-electron chi connectivity index (χ1n) is 10.6. The van der Waals surface area contributed by atoms with Gasteiger partial charge in [0.1, 0.15) is 0 Å². The molecule has 0 amide bonds. The molecule has 3 N–H and O–H groups in total. The fourth-order valence-corrected chi connectivity index (χ4v) is 3.75. The molecule has 1 unspecified atom stereocenters. The summed E-state index contributed by atoms with van der Waals surface area (Å²) in [5.41, 5.74) is 6.31. The van der Waals surface area contributed by atoms with E-state index in [0.717, 1.165) is 39.0 Å². The number of methoxy groups -OCH3 is 3. The number of aromatic nitrogens is 3. The van der Waals surface area contributed by atoms with Crippen LogP contribution in [0.2, 0.25) is 0 Å². The number of hydrogen-bond donors (Lipinski definition) is 3. The zero-order valence-corrected chi connectivity index (χ0v) is 19.4. The molecule has 0 aliphatic heterocycles. The Balaban J connectivity index is 1.79. The number of H-pyrrole nitrogens is 1. The average molecular weight is 449 g/mol. The highest BCUT2D eigenvalue weighted by Crippen LogP contribution is 2.42. The van der Waals surface area contributed by atoms with Gasteiger partial charge in [0.25, 0.3) is 0 Å². The molecule has 8 nitrogen and oxygen atoms in total. The smallest absolute Gasteiger partial charge is 0.203 e. The van der Waals surface area contributed by atoms with Crippen molar-refractivity contribution in [2.24, 2.45) is 0 Å². The first-order chi connectivity index (χ1) is 15.9. The van der Waals surface area contributed by atoms with Crippen molar-refractivity contribution in [2.45, 2.75) is 20.0 Å². The van der Waals surface area contributed by atoms with Crippen molar-refractivity contribution in [1.82, 2.24) is 15.2 Å². The minimum atomic E-state index is -0.432. The molecule has 8 heteroatoms. The molecule has 2 aromatic heterocycles. The van der Waals surface area contributed by atoms with Crippen LogP contribution in [0.1, 0.15) is 12.5 Å². The summed E-state index contributed by atoms with van der Waals surface area (Å²) in [4.78, 5) is 4.56. The molecule has 4 aromatic rings. The van der Waals surface area contributed by atoms with Crippen molar-refractivity contribution in [3.05, 3.63) is 48.2 Å². The number of aryl methyl sites for hydroxylation is 1. The number of aliphatic hydroxyl groups excluding tert-OH is 1.